The molecule has 0 radical (unpaired) electrons. The van der Waals surface area contributed by atoms with Crippen molar-refractivity contribution in [1.82, 2.24) is 5.32 Å². The van der Waals surface area contributed by atoms with Crippen molar-refractivity contribution in [2.45, 2.75) is 6.92 Å². The molecule has 1 aliphatic rings. The number of para-hydroxylation sites is 1. The van der Waals surface area contributed by atoms with Crippen molar-refractivity contribution in [3.63, 3.8) is 0 Å². The van der Waals surface area contributed by atoms with Gasteiger partial charge in [-0.1, -0.05) is 19.1 Å². The number of carbonyl (C=O) groups excluding carboxylic acids is 2. The second kappa shape index (κ2) is 5.84. The van der Waals surface area contributed by atoms with Gasteiger partial charge in [0.05, 0.1) is 18.4 Å². The van der Waals surface area contributed by atoms with E-state index in [0.29, 0.717) is 17.2 Å². The summed E-state index contributed by atoms with van der Waals surface area (Å²) in [7, 11) is 1.32. The van der Waals surface area contributed by atoms with Gasteiger partial charge in [-0.15, -0.1) is 0 Å². The first kappa shape index (κ1) is 13.5. The van der Waals surface area contributed by atoms with E-state index in [9.17, 15) is 9.59 Å². The van der Waals surface area contributed by atoms with Crippen LogP contribution in [0.1, 0.15) is 17.3 Å². The fourth-order valence-corrected chi connectivity index (χ4v) is 2.01. The van der Waals surface area contributed by atoms with Crippen LogP contribution >= 0.6 is 0 Å². The molecule has 0 spiro atoms. The number of anilines is 1. The third-order valence-corrected chi connectivity index (χ3v) is 3.52. The highest BCUT2D eigenvalue weighted by Gasteiger charge is 2.29. The van der Waals surface area contributed by atoms with E-state index in [0.717, 1.165) is 13.1 Å². The fraction of sp³-hybridized carbons (Fsp3) is 0.429. The molecular formula is C14H18N2O3. The lowest BCUT2D eigenvalue weighted by Crippen LogP contribution is -2.48. The molecule has 1 fully saturated rings. The van der Waals surface area contributed by atoms with Crippen molar-refractivity contribution >= 4 is 17.6 Å². The number of ether oxygens (including phenoxy) is 1. The molecule has 1 unspecified atom stereocenters. The zero-order chi connectivity index (χ0) is 13.8. The van der Waals surface area contributed by atoms with Crippen molar-refractivity contribution in [2.75, 3.05) is 25.5 Å². The Morgan fingerprint density at radius 1 is 1.37 bits per heavy atom. The zero-order valence-electron chi connectivity index (χ0n) is 11.1. The van der Waals surface area contributed by atoms with Crippen LogP contribution in [0, 0.1) is 11.8 Å². The predicted molar refractivity (Wildman–Crippen MR) is 71.9 cm³/mol. The van der Waals surface area contributed by atoms with Crippen LogP contribution in [0.5, 0.6) is 0 Å². The number of esters is 1. The minimum Gasteiger partial charge on any atom is -0.465 e. The molecule has 1 aromatic carbocycles. The lowest BCUT2D eigenvalue weighted by Gasteiger charge is -2.31. The average Bonchev–Trinajstić information content (AvgIpc) is 2.36. The molecule has 1 aliphatic heterocycles. The number of benzene rings is 1. The van der Waals surface area contributed by atoms with Gasteiger partial charge in [-0.05, 0) is 31.1 Å². The van der Waals surface area contributed by atoms with Gasteiger partial charge in [-0.2, -0.15) is 0 Å². The Balaban J connectivity index is 2.09. The van der Waals surface area contributed by atoms with E-state index < -0.39 is 5.97 Å². The number of hydrogen-bond acceptors (Lipinski definition) is 4. The summed E-state index contributed by atoms with van der Waals surface area (Å²) in [5, 5.41) is 5.95. The summed E-state index contributed by atoms with van der Waals surface area (Å²) in [4.78, 5) is 23.7. The number of nitrogens with one attached hydrogen (secondary N) is 2. The Kier molecular flexibility index (Phi) is 4.16. The van der Waals surface area contributed by atoms with Gasteiger partial charge in [-0.3, -0.25) is 4.79 Å². The van der Waals surface area contributed by atoms with Gasteiger partial charge in [0.1, 0.15) is 0 Å². The molecule has 2 N–H and O–H groups in total. The van der Waals surface area contributed by atoms with Gasteiger partial charge in [0.2, 0.25) is 5.91 Å². The Morgan fingerprint density at radius 3 is 2.63 bits per heavy atom. The summed E-state index contributed by atoms with van der Waals surface area (Å²) in [6.07, 6.45) is 0. The quantitative estimate of drug-likeness (QED) is 0.802. The van der Waals surface area contributed by atoms with Crippen LogP contribution < -0.4 is 10.6 Å². The molecule has 2 rings (SSSR count). The van der Waals surface area contributed by atoms with Crippen molar-refractivity contribution in [1.29, 1.82) is 0 Å². The second-order valence-electron chi connectivity index (χ2n) is 4.73. The van der Waals surface area contributed by atoms with E-state index in [1.165, 1.54) is 7.11 Å². The summed E-state index contributed by atoms with van der Waals surface area (Å²) in [5.74, 6) is -0.228. The molecule has 0 aromatic heterocycles. The molecule has 1 amide bonds. The second-order valence-corrected chi connectivity index (χ2v) is 4.73. The number of carbonyl (C=O) groups is 2. The molecule has 19 heavy (non-hydrogen) atoms. The fourth-order valence-electron chi connectivity index (χ4n) is 2.01. The monoisotopic (exact) mass is 262 g/mol. The van der Waals surface area contributed by atoms with Gasteiger partial charge < -0.3 is 15.4 Å². The number of methoxy groups -OCH3 is 1. The highest BCUT2D eigenvalue weighted by atomic mass is 16.5. The normalized spacial score (nSPS) is 16.3. The van der Waals surface area contributed by atoms with Crippen molar-refractivity contribution in [3.8, 4) is 0 Å². The zero-order valence-corrected chi connectivity index (χ0v) is 11.1. The van der Waals surface area contributed by atoms with Crippen molar-refractivity contribution in [2.24, 2.45) is 11.8 Å². The smallest absolute Gasteiger partial charge is 0.339 e. The lowest BCUT2D eigenvalue weighted by atomic mass is 9.88. The topological polar surface area (TPSA) is 67.4 Å². The van der Waals surface area contributed by atoms with Gasteiger partial charge >= 0.3 is 5.97 Å². The largest absolute Gasteiger partial charge is 0.465 e. The van der Waals surface area contributed by atoms with E-state index >= 15 is 0 Å². The van der Waals surface area contributed by atoms with Crippen LogP contribution in [-0.4, -0.2) is 32.1 Å². The maximum absolute atomic E-state index is 12.1. The van der Waals surface area contributed by atoms with Gasteiger partial charge in [0.15, 0.2) is 0 Å². The Hall–Kier alpha value is -1.88. The molecule has 0 bridgehead atoms. The molecule has 1 saturated heterocycles. The van der Waals surface area contributed by atoms with Crippen LogP contribution in [0.15, 0.2) is 24.3 Å². The molecule has 1 aromatic rings. The maximum atomic E-state index is 12.1. The molecule has 5 heteroatoms. The number of rotatable bonds is 4. The molecule has 1 atom stereocenters. The molecule has 102 valence electrons. The first-order valence-electron chi connectivity index (χ1n) is 6.32. The van der Waals surface area contributed by atoms with Gasteiger partial charge in [-0.25, -0.2) is 4.79 Å². The van der Waals surface area contributed by atoms with Crippen molar-refractivity contribution < 1.29 is 14.3 Å². The predicted octanol–water partition coefficient (Wildman–Crippen LogP) is 1.27. The lowest BCUT2D eigenvalue weighted by molar-refractivity contribution is -0.121. The van der Waals surface area contributed by atoms with Crippen LogP contribution in [-0.2, 0) is 9.53 Å². The Bertz CT molecular complexity index is 483. The average molecular weight is 262 g/mol. The summed E-state index contributed by atoms with van der Waals surface area (Å²) in [5.41, 5.74) is 0.871. The Morgan fingerprint density at radius 2 is 2.05 bits per heavy atom. The van der Waals surface area contributed by atoms with E-state index in [4.69, 9.17) is 4.74 Å². The first-order valence-corrected chi connectivity index (χ1v) is 6.32. The van der Waals surface area contributed by atoms with Crippen molar-refractivity contribution in [3.05, 3.63) is 29.8 Å². The van der Waals surface area contributed by atoms with Crippen LogP contribution in [0.2, 0.25) is 0 Å². The number of amides is 1. The van der Waals surface area contributed by atoms with E-state index in [1.54, 1.807) is 24.3 Å². The van der Waals surface area contributed by atoms with Gasteiger partial charge in [0.25, 0.3) is 0 Å². The molecule has 0 aliphatic carbocycles. The highest BCUT2D eigenvalue weighted by Crippen LogP contribution is 2.21. The Labute approximate surface area is 112 Å². The van der Waals surface area contributed by atoms with E-state index in [-0.39, 0.29) is 11.8 Å². The third kappa shape index (κ3) is 2.93. The minimum absolute atomic E-state index is 0.0668. The summed E-state index contributed by atoms with van der Waals surface area (Å²) < 4.78 is 4.70. The van der Waals surface area contributed by atoms with E-state index in [1.807, 2.05) is 6.92 Å². The van der Waals surface area contributed by atoms with Gasteiger partial charge in [0, 0.05) is 5.92 Å². The maximum Gasteiger partial charge on any atom is 0.339 e. The summed E-state index contributed by atoms with van der Waals surface area (Å²) >= 11 is 0. The SMILES string of the molecule is COC(=O)c1ccccc1NC(=O)C(C)C1CNC1. The third-order valence-electron chi connectivity index (χ3n) is 3.52. The van der Waals surface area contributed by atoms with Crippen LogP contribution in [0.4, 0.5) is 5.69 Å². The van der Waals surface area contributed by atoms with Crippen LogP contribution in [0.3, 0.4) is 0 Å². The molecule has 0 saturated carbocycles. The van der Waals surface area contributed by atoms with Crippen LogP contribution in [0.25, 0.3) is 0 Å². The molecule has 5 nitrogen and oxygen atoms in total. The summed E-state index contributed by atoms with van der Waals surface area (Å²) in [6.45, 7) is 3.64. The molecular weight excluding hydrogens is 244 g/mol. The highest BCUT2D eigenvalue weighted by molar-refractivity contribution is 6.01. The number of hydrogen-bond donors (Lipinski definition) is 2. The first-order chi connectivity index (χ1) is 9.13. The minimum atomic E-state index is -0.450. The standard InChI is InChI=1S/C14H18N2O3/c1-9(10-7-15-8-10)13(17)16-12-6-4-3-5-11(12)14(18)19-2/h3-6,9-10,15H,7-8H2,1-2H3,(H,16,17). The summed E-state index contributed by atoms with van der Waals surface area (Å²) in [6, 6.07) is 6.85. The van der Waals surface area contributed by atoms with E-state index in [2.05, 4.69) is 10.6 Å². The molecule has 1 heterocycles.